The number of aliphatic hydroxyl groups is 1. The molecule has 0 atom stereocenters. The number of aldehydes is 1. The summed E-state index contributed by atoms with van der Waals surface area (Å²) in [6, 6.07) is 1.48. The van der Waals surface area contributed by atoms with Gasteiger partial charge in [-0.15, -0.1) is 0 Å². The van der Waals surface area contributed by atoms with Crippen molar-refractivity contribution in [2.45, 2.75) is 0 Å². The second-order valence-electron chi connectivity index (χ2n) is 5.18. The number of aromatic nitrogens is 4. The van der Waals surface area contributed by atoms with Crippen LogP contribution in [0.4, 0.5) is 4.39 Å². The van der Waals surface area contributed by atoms with Crippen molar-refractivity contribution in [1.82, 2.24) is 25.1 Å². The van der Waals surface area contributed by atoms with Crippen molar-refractivity contribution in [3.63, 3.8) is 0 Å². The zero-order valence-corrected chi connectivity index (χ0v) is 12.7. The fourth-order valence-corrected chi connectivity index (χ4v) is 2.43. The van der Waals surface area contributed by atoms with Gasteiger partial charge in [0.05, 0.1) is 18.3 Å². The molecule has 0 unspecified atom stereocenters. The first-order valence-corrected chi connectivity index (χ1v) is 7.09. The van der Waals surface area contributed by atoms with E-state index in [1.54, 1.807) is 7.05 Å². The van der Waals surface area contributed by atoms with Crippen LogP contribution in [0.1, 0.15) is 20.8 Å². The summed E-state index contributed by atoms with van der Waals surface area (Å²) < 4.78 is 13.9. The van der Waals surface area contributed by atoms with Crippen molar-refractivity contribution in [2.24, 2.45) is 0 Å². The molecule has 0 radical (unpaired) electrons. The molecule has 0 fully saturated rings. The molecule has 0 spiro atoms. The molecule has 124 valence electrons. The fraction of sp³-hybridized carbons (Fsp3) is 0.200. The third-order valence-corrected chi connectivity index (χ3v) is 3.65. The van der Waals surface area contributed by atoms with E-state index in [2.05, 4.69) is 20.2 Å². The Labute approximate surface area is 135 Å². The normalized spacial score (nSPS) is 11.0. The lowest BCUT2D eigenvalue weighted by molar-refractivity contribution is 0.0761. The van der Waals surface area contributed by atoms with E-state index in [-0.39, 0.29) is 35.7 Å². The minimum Gasteiger partial charge on any atom is -0.395 e. The van der Waals surface area contributed by atoms with Crippen LogP contribution in [0.5, 0.6) is 0 Å². The maximum Gasteiger partial charge on any atom is 0.271 e. The van der Waals surface area contributed by atoms with Crippen molar-refractivity contribution >= 4 is 23.1 Å². The highest BCUT2D eigenvalue weighted by atomic mass is 19.1. The van der Waals surface area contributed by atoms with E-state index >= 15 is 0 Å². The van der Waals surface area contributed by atoms with Gasteiger partial charge in [0, 0.05) is 30.7 Å². The van der Waals surface area contributed by atoms with Crippen molar-refractivity contribution in [3.8, 4) is 11.4 Å². The van der Waals surface area contributed by atoms with E-state index in [9.17, 15) is 14.0 Å². The van der Waals surface area contributed by atoms with E-state index in [0.717, 1.165) is 6.20 Å². The summed E-state index contributed by atoms with van der Waals surface area (Å²) >= 11 is 0. The number of fused-ring (bicyclic) bond motifs is 1. The number of halogens is 1. The Kier molecular flexibility index (Phi) is 4.09. The molecule has 0 aromatic carbocycles. The van der Waals surface area contributed by atoms with E-state index in [1.165, 1.54) is 17.2 Å². The number of carbonyl (C=O) groups excluding carboxylic acids is 2. The number of amides is 1. The zero-order chi connectivity index (χ0) is 17.3. The molecule has 8 nitrogen and oxygen atoms in total. The average molecular weight is 331 g/mol. The molecule has 0 aliphatic heterocycles. The molecule has 0 saturated heterocycles. The standard InChI is InChI=1S/C15H14FN5O3/c1-21(2-3-22)15(24)11-4-10(19-20-11)13-14-12(9(16)6-18-13)8(7-23)5-17-14/h4-7,17,22H,2-3H2,1H3,(H,19,20). The average Bonchev–Trinajstić information content (AvgIpc) is 3.22. The van der Waals surface area contributed by atoms with Gasteiger partial charge in [0.2, 0.25) is 0 Å². The van der Waals surface area contributed by atoms with Crippen LogP contribution in [0.3, 0.4) is 0 Å². The summed E-state index contributed by atoms with van der Waals surface area (Å²) in [5.74, 6) is -0.965. The Morgan fingerprint density at radius 2 is 2.29 bits per heavy atom. The maximum absolute atomic E-state index is 13.9. The summed E-state index contributed by atoms with van der Waals surface area (Å²) in [7, 11) is 1.55. The molecule has 0 bridgehead atoms. The van der Waals surface area contributed by atoms with Crippen LogP contribution in [0, 0.1) is 5.82 Å². The number of carbonyl (C=O) groups is 2. The molecule has 1 amide bonds. The summed E-state index contributed by atoms with van der Waals surface area (Å²) in [4.78, 5) is 31.3. The van der Waals surface area contributed by atoms with Crippen LogP contribution in [0.2, 0.25) is 0 Å². The molecule has 9 heteroatoms. The van der Waals surface area contributed by atoms with Gasteiger partial charge in [-0.2, -0.15) is 5.10 Å². The molecule has 3 heterocycles. The number of pyridine rings is 1. The second-order valence-corrected chi connectivity index (χ2v) is 5.18. The van der Waals surface area contributed by atoms with Gasteiger partial charge >= 0.3 is 0 Å². The molecule has 3 aromatic heterocycles. The van der Waals surface area contributed by atoms with E-state index in [4.69, 9.17) is 5.11 Å². The third-order valence-electron chi connectivity index (χ3n) is 3.65. The number of hydrogen-bond donors (Lipinski definition) is 3. The van der Waals surface area contributed by atoms with Crippen LogP contribution in [-0.4, -0.2) is 62.6 Å². The predicted molar refractivity (Wildman–Crippen MR) is 83.1 cm³/mol. The largest absolute Gasteiger partial charge is 0.395 e. The van der Waals surface area contributed by atoms with Crippen LogP contribution in [0.15, 0.2) is 18.5 Å². The van der Waals surface area contributed by atoms with Gasteiger partial charge in [0.1, 0.15) is 17.1 Å². The predicted octanol–water partition coefficient (Wildman–Crippen LogP) is 0.969. The highest BCUT2D eigenvalue weighted by Gasteiger charge is 2.19. The van der Waals surface area contributed by atoms with Crippen molar-refractivity contribution in [3.05, 3.63) is 35.5 Å². The summed E-state index contributed by atoms with van der Waals surface area (Å²) in [5, 5.41) is 15.7. The van der Waals surface area contributed by atoms with E-state index in [0.29, 0.717) is 23.2 Å². The van der Waals surface area contributed by atoms with Crippen LogP contribution in [-0.2, 0) is 0 Å². The van der Waals surface area contributed by atoms with Gasteiger partial charge in [0.25, 0.3) is 5.91 Å². The number of hydrogen-bond acceptors (Lipinski definition) is 5. The van der Waals surface area contributed by atoms with E-state index < -0.39 is 5.82 Å². The number of nitrogens with one attached hydrogen (secondary N) is 2. The first-order chi connectivity index (χ1) is 11.6. The van der Waals surface area contributed by atoms with Crippen LogP contribution >= 0.6 is 0 Å². The van der Waals surface area contributed by atoms with Gasteiger partial charge in [-0.3, -0.25) is 14.7 Å². The molecule has 0 saturated carbocycles. The number of aromatic amines is 2. The zero-order valence-electron chi connectivity index (χ0n) is 12.7. The molecule has 3 aromatic rings. The summed E-state index contributed by atoms with van der Waals surface area (Å²) in [6.07, 6.45) is 2.95. The highest BCUT2D eigenvalue weighted by Crippen LogP contribution is 2.28. The van der Waals surface area contributed by atoms with E-state index in [1.807, 2.05) is 0 Å². The Morgan fingerprint density at radius 1 is 1.50 bits per heavy atom. The van der Waals surface area contributed by atoms with Gasteiger partial charge in [-0.25, -0.2) is 9.37 Å². The Balaban J connectivity index is 2.04. The lowest BCUT2D eigenvalue weighted by Gasteiger charge is -2.13. The number of nitrogens with zero attached hydrogens (tertiary/aromatic N) is 3. The van der Waals surface area contributed by atoms with Crippen LogP contribution < -0.4 is 0 Å². The molecule has 3 N–H and O–H groups in total. The van der Waals surface area contributed by atoms with Gasteiger partial charge in [-0.1, -0.05) is 0 Å². The van der Waals surface area contributed by atoms with Crippen LogP contribution in [0.25, 0.3) is 22.3 Å². The smallest absolute Gasteiger partial charge is 0.271 e. The summed E-state index contributed by atoms with van der Waals surface area (Å²) in [5.41, 5.74) is 1.37. The Bertz CT molecular complexity index is 917. The molecular formula is C15H14FN5O3. The van der Waals surface area contributed by atoms with Crippen molar-refractivity contribution in [1.29, 1.82) is 0 Å². The number of aliphatic hydroxyl groups excluding tert-OH is 1. The monoisotopic (exact) mass is 331 g/mol. The number of rotatable bonds is 5. The number of H-pyrrole nitrogens is 2. The lowest BCUT2D eigenvalue weighted by atomic mass is 10.1. The van der Waals surface area contributed by atoms with Gasteiger partial charge in [-0.05, 0) is 6.07 Å². The van der Waals surface area contributed by atoms with Gasteiger partial charge in [0.15, 0.2) is 12.1 Å². The quantitative estimate of drug-likeness (QED) is 0.603. The molecule has 3 rings (SSSR count). The van der Waals surface area contributed by atoms with Crippen molar-refractivity contribution < 1.29 is 19.1 Å². The molecule has 24 heavy (non-hydrogen) atoms. The first kappa shape index (κ1) is 15.8. The lowest BCUT2D eigenvalue weighted by Crippen LogP contribution is -2.29. The second kappa shape index (κ2) is 6.20. The maximum atomic E-state index is 13.9. The number of likely N-dealkylation sites (N-methyl/N-ethyl adjacent to an activating group) is 1. The summed E-state index contributed by atoms with van der Waals surface area (Å²) in [6.45, 7) is 0.0336. The highest BCUT2D eigenvalue weighted by molar-refractivity contribution is 6.02. The first-order valence-electron chi connectivity index (χ1n) is 7.09. The minimum absolute atomic E-state index is 0.128. The fourth-order valence-electron chi connectivity index (χ4n) is 2.43. The topological polar surface area (TPSA) is 115 Å². The molecule has 0 aliphatic carbocycles. The Morgan fingerprint density at radius 3 is 3.00 bits per heavy atom. The van der Waals surface area contributed by atoms with Gasteiger partial charge < -0.3 is 15.0 Å². The molecule has 0 aliphatic rings. The minimum atomic E-state index is -0.619. The van der Waals surface area contributed by atoms with Crippen molar-refractivity contribution in [2.75, 3.05) is 20.2 Å². The Hall–Kier alpha value is -3.07. The molecular weight excluding hydrogens is 317 g/mol. The SMILES string of the molecule is CN(CCO)C(=O)c1cc(-c2ncc(F)c3c(C=O)c[nH]c23)n[nH]1. The third kappa shape index (κ3) is 2.54.